The van der Waals surface area contributed by atoms with Crippen molar-refractivity contribution in [2.45, 2.75) is 12.5 Å². The van der Waals surface area contributed by atoms with Crippen LogP contribution in [0.4, 0.5) is 0 Å². The van der Waals surface area contributed by atoms with E-state index in [1.165, 1.54) is 7.11 Å². The average Bonchev–Trinajstić information content (AvgIpc) is 2.76. The monoisotopic (exact) mass is 345 g/mol. The van der Waals surface area contributed by atoms with Gasteiger partial charge in [0, 0.05) is 8.96 Å². The molecule has 0 amide bonds. The summed E-state index contributed by atoms with van der Waals surface area (Å²) < 4.78 is 5.66. The van der Waals surface area contributed by atoms with Crippen molar-refractivity contribution in [3.8, 4) is 0 Å². The molecule has 0 radical (unpaired) electrons. The van der Waals surface area contributed by atoms with Gasteiger partial charge < -0.3 is 10.5 Å². The smallest absolute Gasteiger partial charge is 0.322 e. The molecule has 1 atom stereocenters. The molecule has 1 unspecified atom stereocenters. The van der Waals surface area contributed by atoms with Gasteiger partial charge in [0.15, 0.2) is 0 Å². The van der Waals surface area contributed by atoms with E-state index < -0.39 is 12.0 Å². The van der Waals surface area contributed by atoms with E-state index in [4.69, 9.17) is 5.73 Å². The van der Waals surface area contributed by atoms with E-state index in [1.807, 2.05) is 12.1 Å². The van der Waals surface area contributed by atoms with E-state index in [0.717, 1.165) is 20.0 Å². The maximum absolute atomic E-state index is 11.2. The minimum atomic E-state index is -0.625. The molecule has 0 aliphatic heterocycles. The number of nitrogens with two attached hydrogens (primary N) is 1. The van der Waals surface area contributed by atoms with Crippen molar-refractivity contribution in [3.63, 3.8) is 0 Å². The lowest BCUT2D eigenvalue weighted by atomic mass is 10.1. The highest BCUT2D eigenvalue weighted by Gasteiger charge is 2.15. The Hall–Kier alpha value is -1.15. The number of esters is 1. The number of nitrogens with zero attached hydrogens (tertiary/aromatic N) is 1. The first kappa shape index (κ1) is 12.3. The first-order chi connectivity index (χ1) is 8.11. The van der Waals surface area contributed by atoms with E-state index >= 15 is 0 Å². The summed E-state index contributed by atoms with van der Waals surface area (Å²) in [7, 11) is 1.34. The van der Waals surface area contributed by atoms with Crippen LogP contribution in [-0.2, 0) is 16.0 Å². The van der Waals surface area contributed by atoms with Crippen LogP contribution in [0, 0.1) is 3.57 Å². The summed E-state index contributed by atoms with van der Waals surface area (Å²) >= 11 is 2.23. The van der Waals surface area contributed by atoms with Gasteiger partial charge in [-0.3, -0.25) is 9.89 Å². The minimum absolute atomic E-state index is 0.396. The Labute approximate surface area is 112 Å². The Morgan fingerprint density at radius 3 is 3.12 bits per heavy atom. The van der Waals surface area contributed by atoms with E-state index in [2.05, 4.69) is 37.5 Å². The third kappa shape index (κ3) is 2.58. The number of carbonyl (C=O) groups excluding carboxylic acids is 1. The molecule has 1 aromatic carbocycles. The third-order valence-electron chi connectivity index (χ3n) is 2.52. The number of aromatic amines is 1. The molecule has 2 aromatic rings. The number of ether oxygens (including phenoxy) is 1. The quantitative estimate of drug-likeness (QED) is 0.647. The SMILES string of the molecule is COC(=O)C(N)Cc1cc(I)c2[nH]ncc2c1. The maximum atomic E-state index is 11.2. The van der Waals surface area contributed by atoms with Crippen LogP contribution in [-0.4, -0.2) is 29.3 Å². The topological polar surface area (TPSA) is 81.0 Å². The molecule has 0 saturated heterocycles. The summed E-state index contributed by atoms with van der Waals surface area (Å²) in [5.74, 6) is -0.396. The van der Waals surface area contributed by atoms with E-state index in [0.29, 0.717) is 6.42 Å². The zero-order chi connectivity index (χ0) is 12.4. The Kier molecular flexibility index (Phi) is 3.63. The molecule has 0 saturated carbocycles. The lowest BCUT2D eigenvalue weighted by molar-refractivity contribution is -0.142. The van der Waals surface area contributed by atoms with Gasteiger partial charge >= 0.3 is 5.97 Å². The van der Waals surface area contributed by atoms with Crippen LogP contribution in [0.25, 0.3) is 10.9 Å². The number of carbonyl (C=O) groups is 1. The van der Waals surface area contributed by atoms with Crippen LogP contribution >= 0.6 is 22.6 Å². The molecule has 17 heavy (non-hydrogen) atoms. The highest BCUT2D eigenvalue weighted by atomic mass is 127. The third-order valence-corrected chi connectivity index (χ3v) is 3.37. The zero-order valence-corrected chi connectivity index (χ0v) is 11.4. The van der Waals surface area contributed by atoms with Crippen LogP contribution in [0.1, 0.15) is 5.56 Å². The molecule has 5 nitrogen and oxygen atoms in total. The van der Waals surface area contributed by atoms with Crippen molar-refractivity contribution < 1.29 is 9.53 Å². The van der Waals surface area contributed by atoms with Gasteiger partial charge in [0.25, 0.3) is 0 Å². The van der Waals surface area contributed by atoms with Crippen molar-refractivity contribution >= 4 is 39.5 Å². The molecule has 6 heteroatoms. The van der Waals surface area contributed by atoms with Crippen LogP contribution in [0.3, 0.4) is 0 Å². The fourth-order valence-electron chi connectivity index (χ4n) is 1.68. The van der Waals surface area contributed by atoms with Crippen LogP contribution < -0.4 is 5.73 Å². The predicted molar refractivity (Wildman–Crippen MR) is 72.5 cm³/mol. The van der Waals surface area contributed by atoms with Gasteiger partial charge in [0.2, 0.25) is 0 Å². The Morgan fingerprint density at radius 2 is 2.41 bits per heavy atom. The van der Waals surface area contributed by atoms with E-state index in [9.17, 15) is 4.79 Å². The van der Waals surface area contributed by atoms with Crippen molar-refractivity contribution in [1.82, 2.24) is 10.2 Å². The zero-order valence-electron chi connectivity index (χ0n) is 9.24. The Bertz CT molecular complexity index is 553. The summed E-state index contributed by atoms with van der Waals surface area (Å²) in [6.45, 7) is 0. The maximum Gasteiger partial charge on any atom is 0.322 e. The number of nitrogens with one attached hydrogen (secondary N) is 1. The standard InChI is InChI=1S/C11H12IN3O2/c1-17-11(16)9(13)4-6-2-7-5-14-15-10(7)8(12)3-6/h2-3,5,9H,4,13H2,1H3,(H,14,15). The summed E-state index contributed by atoms with van der Waals surface area (Å²) in [4.78, 5) is 11.2. The molecule has 0 fully saturated rings. The van der Waals surface area contributed by atoms with Crippen molar-refractivity contribution in [2.75, 3.05) is 7.11 Å². The molecule has 2 rings (SSSR count). The Balaban J connectivity index is 2.27. The number of hydrogen-bond acceptors (Lipinski definition) is 4. The normalized spacial score (nSPS) is 12.6. The lowest BCUT2D eigenvalue weighted by Crippen LogP contribution is -2.33. The number of H-pyrrole nitrogens is 1. The molecule has 0 aliphatic carbocycles. The minimum Gasteiger partial charge on any atom is -0.468 e. The van der Waals surface area contributed by atoms with Crippen molar-refractivity contribution in [2.24, 2.45) is 5.73 Å². The van der Waals surface area contributed by atoms with Crippen LogP contribution in [0.2, 0.25) is 0 Å². The molecule has 3 N–H and O–H groups in total. The molecule has 0 aliphatic rings. The second kappa shape index (κ2) is 5.01. The Morgan fingerprint density at radius 1 is 1.65 bits per heavy atom. The van der Waals surface area contributed by atoms with Gasteiger partial charge in [0.05, 0.1) is 18.8 Å². The number of rotatable bonds is 3. The molecule has 0 spiro atoms. The summed E-state index contributed by atoms with van der Waals surface area (Å²) in [5.41, 5.74) is 7.73. The van der Waals surface area contributed by atoms with E-state index in [1.54, 1.807) is 6.20 Å². The molecule has 1 heterocycles. The highest BCUT2D eigenvalue weighted by molar-refractivity contribution is 14.1. The van der Waals surface area contributed by atoms with Crippen LogP contribution in [0.15, 0.2) is 18.3 Å². The summed E-state index contributed by atoms with van der Waals surface area (Å²) in [6.07, 6.45) is 2.22. The molecular weight excluding hydrogens is 333 g/mol. The summed E-state index contributed by atoms with van der Waals surface area (Å²) in [5, 5.41) is 7.92. The molecule has 1 aromatic heterocycles. The molecular formula is C11H12IN3O2. The predicted octanol–water partition coefficient (Wildman–Crippen LogP) is 1.21. The average molecular weight is 345 g/mol. The number of hydrogen-bond donors (Lipinski definition) is 2. The van der Waals surface area contributed by atoms with Crippen molar-refractivity contribution in [1.29, 1.82) is 0 Å². The van der Waals surface area contributed by atoms with Gasteiger partial charge in [-0.15, -0.1) is 0 Å². The number of aromatic nitrogens is 2. The lowest BCUT2D eigenvalue weighted by Gasteiger charge is -2.09. The molecule has 0 bridgehead atoms. The molecule has 90 valence electrons. The number of methoxy groups -OCH3 is 1. The second-order valence-corrected chi connectivity index (χ2v) is 4.91. The highest BCUT2D eigenvalue weighted by Crippen LogP contribution is 2.21. The van der Waals surface area contributed by atoms with Crippen LogP contribution in [0.5, 0.6) is 0 Å². The van der Waals surface area contributed by atoms with Gasteiger partial charge in [0.1, 0.15) is 6.04 Å². The van der Waals surface area contributed by atoms with Gasteiger partial charge in [-0.1, -0.05) is 0 Å². The van der Waals surface area contributed by atoms with Crippen molar-refractivity contribution in [3.05, 3.63) is 27.5 Å². The number of benzene rings is 1. The summed E-state index contributed by atoms with van der Waals surface area (Å²) in [6, 6.07) is 3.34. The fourth-order valence-corrected chi connectivity index (χ4v) is 2.51. The van der Waals surface area contributed by atoms with Gasteiger partial charge in [-0.25, -0.2) is 0 Å². The largest absolute Gasteiger partial charge is 0.468 e. The van der Waals surface area contributed by atoms with Gasteiger partial charge in [-0.2, -0.15) is 5.10 Å². The first-order valence-electron chi connectivity index (χ1n) is 5.06. The van der Waals surface area contributed by atoms with Gasteiger partial charge in [-0.05, 0) is 46.7 Å². The fraction of sp³-hybridized carbons (Fsp3) is 0.273. The number of halogens is 1. The first-order valence-corrected chi connectivity index (χ1v) is 6.14. The van der Waals surface area contributed by atoms with E-state index in [-0.39, 0.29) is 0 Å². The number of fused-ring (bicyclic) bond motifs is 1. The second-order valence-electron chi connectivity index (χ2n) is 3.75.